The van der Waals surface area contributed by atoms with Gasteiger partial charge in [-0.3, -0.25) is 0 Å². The molecule has 0 aliphatic rings. The molecule has 56 valence electrons. The Morgan fingerprint density at radius 1 is 1.44 bits per heavy atom. The van der Waals surface area contributed by atoms with Crippen LogP contribution in [-0.4, -0.2) is 15.0 Å². The lowest BCUT2D eigenvalue weighted by Crippen LogP contribution is -2.24. The highest BCUT2D eigenvalue weighted by molar-refractivity contribution is 6.68. The summed E-state index contributed by atoms with van der Waals surface area (Å²) < 4.78 is -1.52. The Bertz CT molecular complexity index is 78.8. The Hall–Kier alpha value is 0.830. The fourth-order valence-electron chi connectivity index (χ4n) is 0.437. The number of aliphatic hydroxyl groups is 1. The molecule has 0 aliphatic carbocycles. The molecule has 1 atom stereocenters. The van der Waals surface area contributed by atoms with E-state index in [2.05, 4.69) is 0 Å². The molecule has 1 unspecified atom stereocenters. The molecule has 9 heavy (non-hydrogen) atoms. The van der Waals surface area contributed by atoms with Gasteiger partial charge in [0.25, 0.3) is 0 Å². The van der Waals surface area contributed by atoms with Crippen LogP contribution >= 0.6 is 34.8 Å². The molecule has 0 saturated carbocycles. The van der Waals surface area contributed by atoms with E-state index in [-0.39, 0.29) is 0 Å². The summed E-state index contributed by atoms with van der Waals surface area (Å²) in [5.74, 6) is 0. The second kappa shape index (κ2) is 3.87. The molecular weight excluding hydrogens is 182 g/mol. The molecule has 0 amide bonds. The molecule has 1 nitrogen and oxygen atoms in total. The van der Waals surface area contributed by atoms with E-state index in [0.29, 0.717) is 6.42 Å². The van der Waals surface area contributed by atoms with Gasteiger partial charge >= 0.3 is 0 Å². The molecule has 0 aliphatic heterocycles. The van der Waals surface area contributed by atoms with Crippen LogP contribution < -0.4 is 0 Å². The first-order chi connectivity index (χ1) is 3.98. The van der Waals surface area contributed by atoms with Gasteiger partial charge in [-0.25, -0.2) is 0 Å². The van der Waals surface area contributed by atoms with Crippen LogP contribution in [0.1, 0.15) is 19.8 Å². The third-order valence-corrected chi connectivity index (χ3v) is 1.70. The third kappa shape index (κ3) is 4.26. The summed E-state index contributed by atoms with van der Waals surface area (Å²) in [4.78, 5) is 0. The van der Waals surface area contributed by atoms with Crippen molar-refractivity contribution in [3.8, 4) is 0 Å². The SMILES string of the molecule is CCCC(O)C(Cl)(Cl)Cl. The standard InChI is InChI=1S/C5H9Cl3O/c1-2-3-4(9)5(6,7)8/h4,9H,2-3H2,1H3. The van der Waals surface area contributed by atoms with E-state index in [4.69, 9.17) is 39.9 Å². The molecule has 0 heterocycles. The Balaban J connectivity index is 3.59. The van der Waals surface area contributed by atoms with E-state index in [1.54, 1.807) is 0 Å². The minimum absolute atomic E-state index is 0.524. The summed E-state index contributed by atoms with van der Waals surface area (Å²) >= 11 is 16.0. The van der Waals surface area contributed by atoms with Crippen LogP contribution in [0.2, 0.25) is 0 Å². The topological polar surface area (TPSA) is 20.2 Å². The smallest absolute Gasteiger partial charge is 0.216 e. The van der Waals surface area contributed by atoms with Crippen molar-refractivity contribution in [3.05, 3.63) is 0 Å². The van der Waals surface area contributed by atoms with Gasteiger partial charge in [0.15, 0.2) is 0 Å². The number of alkyl halides is 3. The molecule has 0 spiro atoms. The zero-order chi connectivity index (χ0) is 7.49. The van der Waals surface area contributed by atoms with Gasteiger partial charge in [0.1, 0.15) is 6.10 Å². The van der Waals surface area contributed by atoms with Crippen molar-refractivity contribution in [3.63, 3.8) is 0 Å². The first-order valence-electron chi connectivity index (χ1n) is 2.73. The van der Waals surface area contributed by atoms with Gasteiger partial charge < -0.3 is 5.11 Å². The molecule has 0 aromatic carbocycles. The van der Waals surface area contributed by atoms with Gasteiger partial charge in [-0.1, -0.05) is 48.1 Å². The number of rotatable bonds is 2. The van der Waals surface area contributed by atoms with Gasteiger partial charge in [-0.2, -0.15) is 0 Å². The van der Waals surface area contributed by atoms with Crippen molar-refractivity contribution in [2.45, 2.75) is 29.7 Å². The lowest BCUT2D eigenvalue weighted by molar-refractivity contribution is 0.167. The van der Waals surface area contributed by atoms with Crippen LogP contribution in [0.5, 0.6) is 0 Å². The first-order valence-corrected chi connectivity index (χ1v) is 3.86. The number of hydrogen-bond acceptors (Lipinski definition) is 1. The fraction of sp³-hybridized carbons (Fsp3) is 1.00. The fourth-order valence-corrected chi connectivity index (χ4v) is 0.764. The van der Waals surface area contributed by atoms with E-state index in [9.17, 15) is 0 Å². The minimum Gasteiger partial charge on any atom is -0.389 e. The zero-order valence-corrected chi connectivity index (χ0v) is 7.34. The van der Waals surface area contributed by atoms with Gasteiger partial charge in [0.05, 0.1) is 0 Å². The summed E-state index contributed by atoms with van der Waals surface area (Å²) in [6, 6.07) is 0. The Morgan fingerprint density at radius 3 is 2.00 bits per heavy atom. The summed E-state index contributed by atoms with van der Waals surface area (Å²) in [6.07, 6.45) is 0.499. The van der Waals surface area contributed by atoms with Crippen molar-refractivity contribution in [2.24, 2.45) is 0 Å². The van der Waals surface area contributed by atoms with Crippen molar-refractivity contribution in [1.29, 1.82) is 0 Å². The third-order valence-electron chi connectivity index (χ3n) is 0.940. The lowest BCUT2D eigenvalue weighted by atomic mass is 10.2. The highest BCUT2D eigenvalue weighted by Gasteiger charge is 2.29. The lowest BCUT2D eigenvalue weighted by Gasteiger charge is -2.17. The van der Waals surface area contributed by atoms with E-state index >= 15 is 0 Å². The summed E-state index contributed by atoms with van der Waals surface area (Å²) in [5.41, 5.74) is 0. The predicted molar refractivity (Wildman–Crippen MR) is 41.2 cm³/mol. The molecular formula is C5H9Cl3O. The van der Waals surface area contributed by atoms with E-state index in [1.807, 2.05) is 6.92 Å². The van der Waals surface area contributed by atoms with Crippen molar-refractivity contribution in [1.82, 2.24) is 0 Å². The molecule has 1 N–H and O–H groups in total. The summed E-state index contributed by atoms with van der Waals surface area (Å²) in [6.45, 7) is 1.92. The van der Waals surface area contributed by atoms with Crippen LogP contribution in [0.25, 0.3) is 0 Å². The Kier molecular flexibility index (Phi) is 4.22. The maximum atomic E-state index is 8.99. The first kappa shape index (κ1) is 9.83. The highest BCUT2D eigenvalue weighted by atomic mass is 35.6. The van der Waals surface area contributed by atoms with Gasteiger partial charge in [0.2, 0.25) is 3.79 Å². The van der Waals surface area contributed by atoms with Crippen LogP contribution in [0.4, 0.5) is 0 Å². The molecule has 0 aromatic heterocycles. The second-order valence-electron chi connectivity index (χ2n) is 1.85. The van der Waals surface area contributed by atoms with Crippen molar-refractivity contribution in [2.75, 3.05) is 0 Å². The van der Waals surface area contributed by atoms with Crippen molar-refractivity contribution < 1.29 is 5.11 Å². The molecule has 0 radical (unpaired) electrons. The van der Waals surface area contributed by atoms with Crippen LogP contribution in [0, 0.1) is 0 Å². The minimum atomic E-state index is -1.52. The highest BCUT2D eigenvalue weighted by Crippen LogP contribution is 2.32. The number of halogens is 3. The zero-order valence-electron chi connectivity index (χ0n) is 5.07. The number of hydrogen-bond donors (Lipinski definition) is 1. The maximum Gasteiger partial charge on any atom is 0.216 e. The summed E-state index contributed by atoms with van der Waals surface area (Å²) in [7, 11) is 0. The molecule has 0 bridgehead atoms. The van der Waals surface area contributed by atoms with E-state index in [1.165, 1.54) is 0 Å². The largest absolute Gasteiger partial charge is 0.389 e. The molecule has 0 rings (SSSR count). The average molecular weight is 191 g/mol. The second-order valence-corrected chi connectivity index (χ2v) is 4.22. The van der Waals surface area contributed by atoms with E-state index < -0.39 is 9.90 Å². The van der Waals surface area contributed by atoms with Crippen LogP contribution in [-0.2, 0) is 0 Å². The maximum absolute atomic E-state index is 8.99. The van der Waals surface area contributed by atoms with E-state index in [0.717, 1.165) is 6.42 Å². The van der Waals surface area contributed by atoms with Crippen LogP contribution in [0.15, 0.2) is 0 Å². The Labute approximate surface area is 69.9 Å². The summed E-state index contributed by atoms with van der Waals surface area (Å²) in [5, 5.41) is 8.99. The number of aliphatic hydroxyl groups excluding tert-OH is 1. The molecule has 4 heteroatoms. The van der Waals surface area contributed by atoms with Crippen molar-refractivity contribution >= 4 is 34.8 Å². The monoisotopic (exact) mass is 190 g/mol. The predicted octanol–water partition coefficient (Wildman–Crippen LogP) is 2.52. The quantitative estimate of drug-likeness (QED) is 0.665. The normalized spacial score (nSPS) is 15.7. The van der Waals surface area contributed by atoms with Gasteiger partial charge in [-0.05, 0) is 6.42 Å². The van der Waals surface area contributed by atoms with Crippen LogP contribution in [0.3, 0.4) is 0 Å². The Morgan fingerprint density at radius 2 is 1.89 bits per heavy atom. The average Bonchev–Trinajstić information content (AvgIpc) is 1.64. The molecule has 0 saturated heterocycles. The van der Waals surface area contributed by atoms with Gasteiger partial charge in [0, 0.05) is 0 Å². The van der Waals surface area contributed by atoms with Gasteiger partial charge in [-0.15, -0.1) is 0 Å². The molecule has 0 fully saturated rings. The molecule has 0 aromatic rings.